The summed E-state index contributed by atoms with van der Waals surface area (Å²) >= 11 is 3.43. The molecule has 1 unspecified atom stereocenters. The maximum absolute atomic E-state index is 12.1. The van der Waals surface area contributed by atoms with Gasteiger partial charge in [0.25, 0.3) is 5.91 Å². The van der Waals surface area contributed by atoms with Gasteiger partial charge in [0.05, 0.1) is 23.5 Å². The lowest BCUT2D eigenvalue weighted by molar-refractivity contribution is 0.0948. The predicted octanol–water partition coefficient (Wildman–Crippen LogP) is 2.27. The van der Waals surface area contributed by atoms with E-state index >= 15 is 0 Å². The van der Waals surface area contributed by atoms with Crippen LogP contribution in [0.2, 0.25) is 0 Å². The van der Waals surface area contributed by atoms with Gasteiger partial charge >= 0.3 is 0 Å². The highest BCUT2D eigenvalue weighted by Crippen LogP contribution is 2.11. The zero-order valence-corrected chi connectivity index (χ0v) is 12.4. The molecule has 1 N–H and O–H groups in total. The molecule has 102 valence electrons. The summed E-state index contributed by atoms with van der Waals surface area (Å²) in [6.07, 6.45) is 8.72. The van der Waals surface area contributed by atoms with Gasteiger partial charge in [0, 0.05) is 24.3 Å². The highest BCUT2D eigenvalue weighted by Gasteiger charge is 2.14. The minimum Gasteiger partial charge on any atom is -0.352 e. The van der Waals surface area contributed by atoms with Crippen LogP contribution in [-0.4, -0.2) is 32.4 Å². The van der Waals surface area contributed by atoms with Crippen LogP contribution in [0.3, 0.4) is 0 Å². The van der Waals surface area contributed by atoms with E-state index in [0.29, 0.717) is 18.0 Å². The minimum absolute atomic E-state index is 0.0870. The van der Waals surface area contributed by atoms with Crippen LogP contribution in [0.4, 0.5) is 0 Å². The molecule has 2 rings (SSSR count). The number of alkyl halides is 1. The molecule has 2 aromatic rings. The number of rotatable bonds is 6. The van der Waals surface area contributed by atoms with Gasteiger partial charge in [-0.15, -0.1) is 0 Å². The highest BCUT2D eigenvalue weighted by atomic mass is 79.9. The minimum atomic E-state index is -0.0870. The second-order valence-corrected chi connectivity index (χ2v) is 5.22. The smallest absolute Gasteiger partial charge is 0.255 e. The van der Waals surface area contributed by atoms with Crippen molar-refractivity contribution in [2.24, 2.45) is 5.92 Å². The topological polar surface area (TPSA) is 59.3 Å². The predicted molar refractivity (Wildman–Crippen MR) is 77.5 cm³/mol. The summed E-state index contributed by atoms with van der Waals surface area (Å²) in [7, 11) is 0. The van der Waals surface area contributed by atoms with E-state index in [2.05, 4.69) is 38.3 Å². The second kappa shape index (κ2) is 6.65. The molecule has 0 saturated heterocycles. The normalized spacial score (nSPS) is 12.5. The summed E-state index contributed by atoms with van der Waals surface area (Å²) in [5.41, 5.74) is 1.30. The molecule has 1 amide bonds. The van der Waals surface area contributed by atoms with Crippen LogP contribution in [0.25, 0.3) is 5.52 Å². The standard InChI is InChI=1S/C13H17BrN4O/c1-2-10(3-4-14)7-16-13(19)11-8-17-18-6-5-15-9-12(11)18/h5-6,8-10H,2-4,7H2,1H3,(H,16,19). The lowest BCUT2D eigenvalue weighted by Gasteiger charge is -2.13. The van der Waals surface area contributed by atoms with E-state index in [0.717, 1.165) is 23.7 Å². The summed E-state index contributed by atoms with van der Waals surface area (Å²) in [5, 5.41) is 8.06. The third-order valence-electron chi connectivity index (χ3n) is 3.22. The summed E-state index contributed by atoms with van der Waals surface area (Å²) in [5.74, 6) is 0.416. The Kier molecular flexibility index (Phi) is 4.90. The largest absolute Gasteiger partial charge is 0.352 e. The summed E-state index contributed by atoms with van der Waals surface area (Å²) in [6.45, 7) is 2.83. The molecule has 2 heterocycles. The second-order valence-electron chi connectivity index (χ2n) is 4.43. The zero-order chi connectivity index (χ0) is 13.7. The Bertz CT molecular complexity index is 554. The van der Waals surface area contributed by atoms with Crippen molar-refractivity contribution in [3.8, 4) is 0 Å². The van der Waals surface area contributed by atoms with E-state index < -0.39 is 0 Å². The number of carbonyl (C=O) groups excluding carboxylic acids is 1. The Hall–Kier alpha value is -1.43. The fourth-order valence-electron chi connectivity index (χ4n) is 1.95. The van der Waals surface area contributed by atoms with Crippen LogP contribution < -0.4 is 5.32 Å². The van der Waals surface area contributed by atoms with Crippen molar-refractivity contribution in [2.45, 2.75) is 19.8 Å². The number of nitrogens with zero attached hydrogens (tertiary/aromatic N) is 3. The first-order valence-electron chi connectivity index (χ1n) is 6.37. The number of hydrogen-bond donors (Lipinski definition) is 1. The number of nitrogens with one attached hydrogen (secondary N) is 1. The van der Waals surface area contributed by atoms with Crippen molar-refractivity contribution >= 4 is 27.4 Å². The van der Waals surface area contributed by atoms with Crippen LogP contribution in [0.5, 0.6) is 0 Å². The zero-order valence-electron chi connectivity index (χ0n) is 10.8. The molecular formula is C13H17BrN4O. The van der Waals surface area contributed by atoms with Gasteiger partial charge in [-0.1, -0.05) is 29.3 Å². The van der Waals surface area contributed by atoms with Crippen LogP contribution >= 0.6 is 15.9 Å². The Labute approximate surface area is 120 Å². The summed E-state index contributed by atoms with van der Waals surface area (Å²) < 4.78 is 1.65. The van der Waals surface area contributed by atoms with Gasteiger partial charge in [0.1, 0.15) is 0 Å². The molecular weight excluding hydrogens is 308 g/mol. The molecule has 0 bridgehead atoms. The van der Waals surface area contributed by atoms with E-state index in [1.54, 1.807) is 29.3 Å². The fraction of sp³-hybridized carbons (Fsp3) is 0.462. The van der Waals surface area contributed by atoms with Crippen LogP contribution in [-0.2, 0) is 0 Å². The average Bonchev–Trinajstić information content (AvgIpc) is 2.87. The molecule has 0 spiro atoms. The SMILES string of the molecule is CCC(CCBr)CNC(=O)c1cnn2ccncc12. The monoisotopic (exact) mass is 324 g/mol. The first kappa shape index (κ1) is 14.0. The molecule has 5 nitrogen and oxygen atoms in total. The molecule has 0 saturated carbocycles. The molecule has 0 aromatic carbocycles. The van der Waals surface area contributed by atoms with Gasteiger partial charge < -0.3 is 5.32 Å². The third kappa shape index (κ3) is 3.32. The molecule has 0 fully saturated rings. The van der Waals surface area contributed by atoms with Gasteiger partial charge in [-0.2, -0.15) is 5.10 Å². The molecule has 0 aliphatic heterocycles. The van der Waals surface area contributed by atoms with Crippen molar-refractivity contribution in [1.82, 2.24) is 19.9 Å². The van der Waals surface area contributed by atoms with E-state index in [9.17, 15) is 4.79 Å². The summed E-state index contributed by atoms with van der Waals surface area (Å²) in [6, 6.07) is 0. The van der Waals surface area contributed by atoms with Gasteiger partial charge in [-0.3, -0.25) is 9.78 Å². The molecule has 0 radical (unpaired) electrons. The van der Waals surface area contributed by atoms with E-state index in [-0.39, 0.29) is 5.91 Å². The number of hydrogen-bond acceptors (Lipinski definition) is 3. The van der Waals surface area contributed by atoms with Crippen molar-refractivity contribution in [3.05, 3.63) is 30.4 Å². The van der Waals surface area contributed by atoms with Crippen molar-refractivity contribution in [2.75, 3.05) is 11.9 Å². The number of fused-ring (bicyclic) bond motifs is 1. The Morgan fingerprint density at radius 1 is 1.53 bits per heavy atom. The highest BCUT2D eigenvalue weighted by molar-refractivity contribution is 9.09. The van der Waals surface area contributed by atoms with E-state index in [1.807, 2.05) is 0 Å². The lowest BCUT2D eigenvalue weighted by Crippen LogP contribution is -2.29. The van der Waals surface area contributed by atoms with Gasteiger partial charge in [0.15, 0.2) is 0 Å². The molecule has 0 aliphatic rings. The number of amides is 1. The van der Waals surface area contributed by atoms with Crippen LogP contribution in [0, 0.1) is 5.92 Å². The molecule has 0 aliphatic carbocycles. The Morgan fingerprint density at radius 2 is 2.37 bits per heavy atom. The Morgan fingerprint density at radius 3 is 3.11 bits per heavy atom. The molecule has 2 aromatic heterocycles. The summed E-state index contributed by atoms with van der Waals surface area (Å²) in [4.78, 5) is 16.2. The molecule has 19 heavy (non-hydrogen) atoms. The maximum atomic E-state index is 12.1. The van der Waals surface area contributed by atoms with Crippen molar-refractivity contribution in [3.63, 3.8) is 0 Å². The van der Waals surface area contributed by atoms with E-state index in [4.69, 9.17) is 0 Å². The maximum Gasteiger partial charge on any atom is 0.255 e. The van der Waals surface area contributed by atoms with Crippen molar-refractivity contribution < 1.29 is 4.79 Å². The number of aromatic nitrogens is 3. The quantitative estimate of drug-likeness (QED) is 0.829. The molecule has 1 atom stereocenters. The first-order chi connectivity index (χ1) is 9.26. The van der Waals surface area contributed by atoms with Gasteiger partial charge in [-0.25, -0.2) is 4.52 Å². The average molecular weight is 325 g/mol. The lowest BCUT2D eigenvalue weighted by atomic mass is 10.0. The number of carbonyl (C=O) groups is 1. The van der Waals surface area contributed by atoms with Crippen molar-refractivity contribution in [1.29, 1.82) is 0 Å². The number of halogens is 1. The van der Waals surface area contributed by atoms with Gasteiger partial charge in [-0.05, 0) is 12.3 Å². The van der Waals surface area contributed by atoms with Crippen LogP contribution in [0.1, 0.15) is 30.1 Å². The first-order valence-corrected chi connectivity index (χ1v) is 7.50. The van der Waals surface area contributed by atoms with E-state index in [1.165, 1.54) is 0 Å². The third-order valence-corrected chi connectivity index (χ3v) is 3.67. The Balaban J connectivity index is 2.04. The van der Waals surface area contributed by atoms with Gasteiger partial charge in [0.2, 0.25) is 0 Å². The molecule has 6 heteroatoms. The van der Waals surface area contributed by atoms with Crippen LogP contribution in [0.15, 0.2) is 24.8 Å². The fourth-order valence-corrected chi connectivity index (χ4v) is 2.59.